The molecule has 0 saturated carbocycles. The van der Waals surface area contributed by atoms with Crippen LogP contribution in [0.15, 0.2) is 112 Å². The van der Waals surface area contributed by atoms with Crippen molar-refractivity contribution < 1.29 is 18.0 Å². The highest BCUT2D eigenvalue weighted by atomic mass is 79.9. The first-order chi connectivity index (χ1) is 21.4. The first kappa shape index (κ1) is 33.9. The fourth-order valence-corrected chi connectivity index (χ4v) is 6.79. The van der Waals surface area contributed by atoms with E-state index in [2.05, 4.69) is 21.2 Å². The van der Waals surface area contributed by atoms with Crippen LogP contribution in [0.25, 0.3) is 0 Å². The molecule has 1 N–H and O–H groups in total. The lowest BCUT2D eigenvalue weighted by Crippen LogP contribution is -2.53. The summed E-state index contributed by atoms with van der Waals surface area (Å²) in [6, 6.07) is 29.8. The molecule has 9 heteroatoms. The van der Waals surface area contributed by atoms with E-state index in [1.54, 1.807) is 30.3 Å². The van der Waals surface area contributed by atoms with Crippen molar-refractivity contribution in [1.82, 2.24) is 10.2 Å². The Kier molecular flexibility index (Phi) is 11.6. The van der Waals surface area contributed by atoms with Gasteiger partial charge in [0.2, 0.25) is 11.8 Å². The van der Waals surface area contributed by atoms with E-state index in [4.69, 9.17) is 0 Å². The zero-order chi connectivity index (χ0) is 32.6. The zero-order valence-corrected chi connectivity index (χ0v) is 28.5. The molecular formula is C36H40BrN3O4S. The molecule has 4 aromatic carbocycles. The first-order valence-corrected chi connectivity index (χ1v) is 17.2. The highest BCUT2D eigenvalue weighted by Crippen LogP contribution is 2.27. The number of amides is 2. The number of halogens is 1. The van der Waals surface area contributed by atoms with Gasteiger partial charge in [0.25, 0.3) is 10.0 Å². The van der Waals surface area contributed by atoms with Gasteiger partial charge in [-0.3, -0.25) is 13.9 Å². The molecule has 45 heavy (non-hydrogen) atoms. The van der Waals surface area contributed by atoms with Crippen molar-refractivity contribution >= 4 is 43.5 Å². The summed E-state index contributed by atoms with van der Waals surface area (Å²) in [4.78, 5) is 30.0. The average molecular weight is 691 g/mol. The number of carbonyl (C=O) groups excluding carboxylic acids is 2. The third-order valence-corrected chi connectivity index (χ3v) is 9.64. The number of hydrogen-bond donors (Lipinski definition) is 1. The Morgan fingerprint density at radius 2 is 1.38 bits per heavy atom. The quantitative estimate of drug-likeness (QED) is 0.170. The number of anilines is 1. The molecule has 0 saturated heterocycles. The number of nitrogens with zero attached hydrogens (tertiary/aromatic N) is 2. The maximum atomic E-state index is 14.6. The van der Waals surface area contributed by atoms with Crippen LogP contribution in [0.1, 0.15) is 36.1 Å². The molecule has 0 aliphatic rings. The number of benzene rings is 4. The van der Waals surface area contributed by atoms with Gasteiger partial charge in [-0.1, -0.05) is 96.5 Å². The Morgan fingerprint density at radius 3 is 1.96 bits per heavy atom. The molecule has 0 aromatic heterocycles. The second-order valence-corrected chi connectivity index (χ2v) is 14.4. The molecule has 0 bridgehead atoms. The van der Waals surface area contributed by atoms with E-state index in [-0.39, 0.29) is 29.7 Å². The van der Waals surface area contributed by atoms with Gasteiger partial charge in [0, 0.05) is 24.0 Å². The van der Waals surface area contributed by atoms with Gasteiger partial charge >= 0.3 is 0 Å². The molecule has 0 fully saturated rings. The van der Waals surface area contributed by atoms with Crippen LogP contribution < -0.4 is 9.62 Å². The van der Waals surface area contributed by atoms with Crippen LogP contribution in [0.4, 0.5) is 5.69 Å². The normalized spacial score (nSPS) is 12.0. The molecular weight excluding hydrogens is 650 g/mol. The van der Waals surface area contributed by atoms with E-state index in [1.807, 2.05) is 88.4 Å². The van der Waals surface area contributed by atoms with Crippen LogP contribution in [0.5, 0.6) is 0 Å². The third-order valence-electron chi connectivity index (χ3n) is 7.33. The van der Waals surface area contributed by atoms with E-state index in [0.29, 0.717) is 12.2 Å². The van der Waals surface area contributed by atoms with Crippen molar-refractivity contribution in [2.45, 2.75) is 51.6 Å². The summed E-state index contributed by atoms with van der Waals surface area (Å²) in [5.74, 6) is -0.572. The van der Waals surface area contributed by atoms with Crippen molar-refractivity contribution in [3.05, 3.63) is 130 Å². The highest BCUT2D eigenvalue weighted by molar-refractivity contribution is 9.10. The molecule has 0 radical (unpaired) electrons. The van der Waals surface area contributed by atoms with Crippen LogP contribution in [0, 0.1) is 19.8 Å². The summed E-state index contributed by atoms with van der Waals surface area (Å²) in [5, 5.41) is 3.02. The lowest BCUT2D eigenvalue weighted by atomic mass is 10.0. The van der Waals surface area contributed by atoms with Gasteiger partial charge in [0.15, 0.2) is 0 Å². The molecule has 1 atom stereocenters. The van der Waals surface area contributed by atoms with Crippen LogP contribution in [-0.2, 0) is 32.6 Å². The standard InChI is InChI=1S/C36H40BrN3O4S/c1-26(2)23-38-36(42)34(22-29-11-7-5-8-12-29)39(24-30-15-17-31(37)18-16-30)35(41)25-40(32-20-27(3)19-28(4)21-32)45(43,44)33-13-9-6-10-14-33/h5-21,26,34H,22-25H2,1-4H3,(H,38,42)/t34-/m1/s1. The zero-order valence-electron chi connectivity index (χ0n) is 26.1. The topological polar surface area (TPSA) is 86.8 Å². The maximum Gasteiger partial charge on any atom is 0.264 e. The molecule has 0 aliphatic carbocycles. The van der Waals surface area contributed by atoms with Gasteiger partial charge in [-0.2, -0.15) is 0 Å². The van der Waals surface area contributed by atoms with Crippen molar-refractivity contribution in [1.29, 1.82) is 0 Å². The van der Waals surface area contributed by atoms with E-state index in [9.17, 15) is 18.0 Å². The van der Waals surface area contributed by atoms with Gasteiger partial charge in [-0.25, -0.2) is 8.42 Å². The minimum absolute atomic E-state index is 0.0759. The predicted molar refractivity (Wildman–Crippen MR) is 183 cm³/mol. The van der Waals surface area contributed by atoms with Crippen LogP contribution >= 0.6 is 15.9 Å². The van der Waals surface area contributed by atoms with Gasteiger partial charge in [0.05, 0.1) is 10.6 Å². The van der Waals surface area contributed by atoms with E-state index < -0.39 is 28.5 Å². The van der Waals surface area contributed by atoms with Crippen molar-refractivity contribution in [3.63, 3.8) is 0 Å². The van der Waals surface area contributed by atoms with Crippen molar-refractivity contribution in [2.24, 2.45) is 5.92 Å². The molecule has 4 rings (SSSR count). The summed E-state index contributed by atoms with van der Waals surface area (Å²) in [5.41, 5.74) is 3.82. The van der Waals surface area contributed by atoms with E-state index >= 15 is 0 Å². The molecule has 7 nitrogen and oxygen atoms in total. The summed E-state index contributed by atoms with van der Waals surface area (Å²) in [6.45, 7) is 7.87. The van der Waals surface area contributed by atoms with Crippen molar-refractivity contribution in [3.8, 4) is 0 Å². The second kappa shape index (κ2) is 15.4. The predicted octanol–water partition coefficient (Wildman–Crippen LogP) is 6.67. The number of nitrogens with one attached hydrogen (secondary N) is 1. The molecule has 0 spiro atoms. The fourth-order valence-electron chi connectivity index (χ4n) is 5.11. The average Bonchev–Trinajstić information content (AvgIpc) is 3.01. The largest absolute Gasteiger partial charge is 0.354 e. The molecule has 0 heterocycles. The Bertz CT molecular complexity index is 1680. The number of aryl methyl sites for hydroxylation is 2. The summed E-state index contributed by atoms with van der Waals surface area (Å²) >= 11 is 3.47. The van der Waals surface area contributed by atoms with Gasteiger partial charge in [-0.05, 0) is 78.4 Å². The lowest BCUT2D eigenvalue weighted by Gasteiger charge is -2.34. The molecule has 0 aliphatic heterocycles. The maximum absolute atomic E-state index is 14.6. The Labute approximate surface area is 275 Å². The van der Waals surface area contributed by atoms with Gasteiger partial charge in [-0.15, -0.1) is 0 Å². The molecule has 236 valence electrons. The first-order valence-electron chi connectivity index (χ1n) is 15.0. The highest BCUT2D eigenvalue weighted by Gasteiger charge is 2.34. The van der Waals surface area contributed by atoms with Crippen molar-refractivity contribution in [2.75, 3.05) is 17.4 Å². The smallest absolute Gasteiger partial charge is 0.264 e. The molecule has 4 aromatic rings. The number of carbonyl (C=O) groups is 2. The van der Waals surface area contributed by atoms with Gasteiger partial charge < -0.3 is 10.2 Å². The molecule has 0 unspecified atom stereocenters. The summed E-state index contributed by atoms with van der Waals surface area (Å²) in [6.07, 6.45) is 0.266. The summed E-state index contributed by atoms with van der Waals surface area (Å²) in [7, 11) is -4.14. The fraction of sp³-hybridized carbons (Fsp3) is 0.278. The van der Waals surface area contributed by atoms with E-state index in [1.165, 1.54) is 17.0 Å². The minimum atomic E-state index is -4.14. The third kappa shape index (κ3) is 9.28. The minimum Gasteiger partial charge on any atom is -0.354 e. The summed E-state index contributed by atoms with van der Waals surface area (Å²) < 4.78 is 30.3. The second-order valence-electron chi connectivity index (χ2n) is 11.7. The van der Waals surface area contributed by atoms with Crippen LogP contribution in [0.3, 0.4) is 0 Å². The Hall–Kier alpha value is -3.95. The van der Waals surface area contributed by atoms with Gasteiger partial charge in [0.1, 0.15) is 12.6 Å². The van der Waals surface area contributed by atoms with Crippen LogP contribution in [0.2, 0.25) is 0 Å². The number of hydrogen-bond acceptors (Lipinski definition) is 4. The number of rotatable bonds is 13. The Balaban J connectivity index is 1.81. The van der Waals surface area contributed by atoms with E-state index in [0.717, 1.165) is 31.0 Å². The van der Waals surface area contributed by atoms with Crippen LogP contribution in [-0.4, -0.2) is 44.3 Å². The SMILES string of the molecule is Cc1cc(C)cc(N(CC(=O)N(Cc2ccc(Br)cc2)[C@H](Cc2ccccc2)C(=O)NCC(C)C)S(=O)(=O)c2ccccc2)c1. The lowest BCUT2D eigenvalue weighted by molar-refractivity contribution is -0.140. The Morgan fingerprint density at radius 1 is 0.800 bits per heavy atom. The molecule has 2 amide bonds. The number of sulfonamides is 1. The monoisotopic (exact) mass is 689 g/mol.